The van der Waals surface area contributed by atoms with Gasteiger partial charge in [-0.25, -0.2) is 4.39 Å². The number of hydrogen-bond donors (Lipinski definition) is 2. The number of nitrogens with one attached hydrogen (secondary N) is 1. The Kier molecular flexibility index (Phi) is 5.04. The van der Waals surface area contributed by atoms with Gasteiger partial charge in [0.25, 0.3) is 0 Å². The van der Waals surface area contributed by atoms with E-state index in [2.05, 4.69) is 17.9 Å². The Hall–Kier alpha value is -1.52. The number of carbonyl (C=O) groups is 1. The molecular formula is C15H13ClFNOS. The van der Waals surface area contributed by atoms with Gasteiger partial charge in [0.05, 0.1) is 16.0 Å². The van der Waals surface area contributed by atoms with Crippen LogP contribution in [0.2, 0.25) is 5.02 Å². The first-order chi connectivity index (χ1) is 9.58. The fourth-order valence-electron chi connectivity index (χ4n) is 1.75. The van der Waals surface area contributed by atoms with Crippen molar-refractivity contribution in [3.05, 3.63) is 64.9 Å². The standard InChI is InChI=1S/C15H13ClFNOS/c16-11-7-4-8-12(14(11)17)18-15(19)13(20)9-10-5-2-1-3-6-10/h1-8,13,20H,9H2,(H,18,19). The predicted molar refractivity (Wildman–Crippen MR) is 83.0 cm³/mol. The summed E-state index contributed by atoms with van der Waals surface area (Å²) in [6.45, 7) is 0. The Labute approximate surface area is 127 Å². The van der Waals surface area contributed by atoms with Crippen molar-refractivity contribution in [2.45, 2.75) is 11.7 Å². The summed E-state index contributed by atoms with van der Waals surface area (Å²) in [6, 6.07) is 14.0. The monoisotopic (exact) mass is 309 g/mol. The predicted octanol–water partition coefficient (Wildman–Crippen LogP) is 3.96. The zero-order valence-electron chi connectivity index (χ0n) is 10.5. The van der Waals surface area contributed by atoms with Gasteiger partial charge in [-0.1, -0.05) is 48.0 Å². The SMILES string of the molecule is O=C(Nc1cccc(Cl)c1F)C(S)Cc1ccccc1. The van der Waals surface area contributed by atoms with Crippen molar-refractivity contribution in [3.63, 3.8) is 0 Å². The van der Waals surface area contributed by atoms with E-state index in [1.54, 1.807) is 6.07 Å². The number of thiol groups is 1. The Morgan fingerprint density at radius 3 is 2.60 bits per heavy atom. The van der Waals surface area contributed by atoms with Crippen LogP contribution in [0.5, 0.6) is 0 Å². The van der Waals surface area contributed by atoms with Crippen LogP contribution in [0.4, 0.5) is 10.1 Å². The van der Waals surface area contributed by atoms with E-state index < -0.39 is 11.1 Å². The highest BCUT2D eigenvalue weighted by molar-refractivity contribution is 7.81. The second-order valence-corrected chi connectivity index (χ2v) is 5.33. The van der Waals surface area contributed by atoms with Gasteiger partial charge in [-0.15, -0.1) is 0 Å². The number of rotatable bonds is 4. The van der Waals surface area contributed by atoms with E-state index in [1.165, 1.54) is 12.1 Å². The van der Waals surface area contributed by atoms with Gasteiger partial charge in [-0.3, -0.25) is 4.79 Å². The maximum Gasteiger partial charge on any atom is 0.237 e. The zero-order valence-corrected chi connectivity index (χ0v) is 12.2. The maximum absolute atomic E-state index is 13.7. The minimum absolute atomic E-state index is 0.0263. The van der Waals surface area contributed by atoms with E-state index in [4.69, 9.17) is 11.6 Å². The van der Waals surface area contributed by atoms with Crippen molar-refractivity contribution in [2.24, 2.45) is 0 Å². The van der Waals surface area contributed by atoms with Gasteiger partial charge in [-0.05, 0) is 24.1 Å². The summed E-state index contributed by atoms with van der Waals surface area (Å²) in [5.74, 6) is -0.999. The third-order valence-corrected chi connectivity index (χ3v) is 3.49. The van der Waals surface area contributed by atoms with Gasteiger partial charge in [0.15, 0.2) is 5.82 Å². The quantitative estimate of drug-likeness (QED) is 0.823. The molecule has 0 fully saturated rings. The average Bonchev–Trinajstić information content (AvgIpc) is 2.45. The summed E-state index contributed by atoms with van der Waals surface area (Å²) in [5.41, 5.74) is 1.06. The highest BCUT2D eigenvalue weighted by atomic mass is 35.5. The molecule has 0 aromatic heterocycles. The fraction of sp³-hybridized carbons (Fsp3) is 0.133. The van der Waals surface area contributed by atoms with Crippen molar-refractivity contribution >= 4 is 35.8 Å². The summed E-state index contributed by atoms with van der Waals surface area (Å²) in [6.07, 6.45) is 0.470. The van der Waals surface area contributed by atoms with E-state index >= 15 is 0 Å². The maximum atomic E-state index is 13.7. The van der Waals surface area contributed by atoms with Gasteiger partial charge in [-0.2, -0.15) is 12.6 Å². The molecule has 2 aromatic carbocycles. The molecule has 5 heteroatoms. The molecular weight excluding hydrogens is 297 g/mol. The van der Waals surface area contributed by atoms with Gasteiger partial charge in [0.1, 0.15) is 0 Å². The summed E-state index contributed by atoms with van der Waals surface area (Å²) in [4.78, 5) is 12.0. The van der Waals surface area contributed by atoms with Crippen molar-refractivity contribution in [2.75, 3.05) is 5.32 Å². The van der Waals surface area contributed by atoms with E-state index in [9.17, 15) is 9.18 Å². The molecule has 20 heavy (non-hydrogen) atoms. The molecule has 104 valence electrons. The second kappa shape index (κ2) is 6.77. The molecule has 1 atom stereocenters. The Balaban J connectivity index is 2.03. The molecule has 0 saturated carbocycles. The first-order valence-corrected chi connectivity index (χ1v) is 6.94. The second-order valence-electron chi connectivity index (χ2n) is 4.30. The van der Waals surface area contributed by atoms with Crippen LogP contribution in [-0.2, 0) is 11.2 Å². The lowest BCUT2D eigenvalue weighted by Gasteiger charge is -2.12. The average molecular weight is 310 g/mol. The van der Waals surface area contributed by atoms with Crippen LogP contribution in [0.15, 0.2) is 48.5 Å². The Morgan fingerprint density at radius 1 is 1.20 bits per heavy atom. The lowest BCUT2D eigenvalue weighted by atomic mass is 10.1. The molecule has 0 aliphatic carbocycles. The molecule has 0 spiro atoms. The van der Waals surface area contributed by atoms with Gasteiger partial charge >= 0.3 is 0 Å². The molecule has 0 bridgehead atoms. The minimum atomic E-state index is -0.636. The zero-order chi connectivity index (χ0) is 14.5. The molecule has 2 rings (SSSR count). The molecule has 1 unspecified atom stereocenters. The van der Waals surface area contributed by atoms with E-state index in [1.807, 2.05) is 30.3 Å². The molecule has 0 saturated heterocycles. The summed E-state index contributed by atoms with van der Waals surface area (Å²) in [7, 11) is 0. The highest BCUT2D eigenvalue weighted by Gasteiger charge is 2.17. The number of anilines is 1. The van der Waals surface area contributed by atoms with Crippen LogP contribution in [0, 0.1) is 5.82 Å². The highest BCUT2D eigenvalue weighted by Crippen LogP contribution is 2.22. The van der Waals surface area contributed by atoms with Crippen LogP contribution >= 0.6 is 24.2 Å². The summed E-state index contributed by atoms with van der Waals surface area (Å²) >= 11 is 9.92. The van der Waals surface area contributed by atoms with Crippen LogP contribution in [0.25, 0.3) is 0 Å². The molecule has 2 aromatic rings. The lowest BCUT2D eigenvalue weighted by Crippen LogP contribution is -2.25. The number of amides is 1. The molecule has 0 aliphatic rings. The molecule has 2 nitrogen and oxygen atoms in total. The normalized spacial score (nSPS) is 11.9. The number of benzene rings is 2. The van der Waals surface area contributed by atoms with Crippen molar-refractivity contribution in [3.8, 4) is 0 Å². The topological polar surface area (TPSA) is 29.1 Å². The van der Waals surface area contributed by atoms with Crippen LogP contribution in [-0.4, -0.2) is 11.2 Å². The van der Waals surface area contributed by atoms with Crippen LogP contribution < -0.4 is 5.32 Å². The van der Waals surface area contributed by atoms with Crippen LogP contribution in [0.1, 0.15) is 5.56 Å². The van der Waals surface area contributed by atoms with E-state index in [0.29, 0.717) is 6.42 Å². The third kappa shape index (κ3) is 3.74. The largest absolute Gasteiger partial charge is 0.323 e. The van der Waals surface area contributed by atoms with Crippen molar-refractivity contribution in [1.29, 1.82) is 0 Å². The molecule has 1 N–H and O–H groups in total. The molecule has 0 heterocycles. The summed E-state index contributed by atoms with van der Waals surface area (Å²) in [5, 5.41) is 1.91. The number of carbonyl (C=O) groups excluding carboxylic acids is 1. The Bertz CT molecular complexity index is 606. The smallest absolute Gasteiger partial charge is 0.237 e. The van der Waals surface area contributed by atoms with E-state index in [0.717, 1.165) is 5.56 Å². The third-order valence-electron chi connectivity index (χ3n) is 2.78. The molecule has 0 aliphatic heterocycles. The lowest BCUT2D eigenvalue weighted by molar-refractivity contribution is -0.115. The van der Waals surface area contributed by atoms with Gasteiger partial charge < -0.3 is 5.32 Å². The first kappa shape index (κ1) is 14.9. The van der Waals surface area contributed by atoms with Crippen LogP contribution in [0.3, 0.4) is 0 Å². The summed E-state index contributed by atoms with van der Waals surface area (Å²) < 4.78 is 13.7. The first-order valence-electron chi connectivity index (χ1n) is 6.05. The van der Waals surface area contributed by atoms with Gasteiger partial charge in [0.2, 0.25) is 5.91 Å². The van der Waals surface area contributed by atoms with Gasteiger partial charge in [0, 0.05) is 0 Å². The number of hydrogen-bond acceptors (Lipinski definition) is 2. The minimum Gasteiger partial charge on any atom is -0.323 e. The Morgan fingerprint density at radius 2 is 1.90 bits per heavy atom. The molecule has 0 radical (unpaired) electrons. The van der Waals surface area contributed by atoms with Crippen molar-refractivity contribution in [1.82, 2.24) is 0 Å². The fourth-order valence-corrected chi connectivity index (χ4v) is 2.20. The van der Waals surface area contributed by atoms with E-state index in [-0.39, 0.29) is 16.6 Å². The van der Waals surface area contributed by atoms with Crippen molar-refractivity contribution < 1.29 is 9.18 Å². The number of halogens is 2. The molecule has 1 amide bonds.